The predicted molar refractivity (Wildman–Crippen MR) is 121 cm³/mol. The average Bonchev–Trinajstić information content (AvgIpc) is 3.51. The Hall–Kier alpha value is -1.06. The number of nitrogens with zero attached hydrogens (tertiary/aromatic N) is 2. The summed E-state index contributed by atoms with van der Waals surface area (Å²) in [5.74, 6) is 0.194. The SMILES string of the molecule is CN(C)S(=O)(=O)c1ccc(N2CCCCC2)c(C(=O)NC(CN)C2CC2)c1.Cl.Cl. The van der Waals surface area contributed by atoms with Gasteiger partial charge in [0.2, 0.25) is 10.0 Å². The van der Waals surface area contributed by atoms with Crippen molar-refractivity contribution in [3.8, 4) is 0 Å². The number of halogens is 2. The molecule has 166 valence electrons. The highest BCUT2D eigenvalue weighted by Crippen LogP contribution is 2.33. The summed E-state index contributed by atoms with van der Waals surface area (Å²) in [6.07, 6.45) is 5.49. The molecule has 0 spiro atoms. The minimum atomic E-state index is -3.61. The van der Waals surface area contributed by atoms with Gasteiger partial charge in [-0.15, -0.1) is 24.8 Å². The van der Waals surface area contributed by atoms with Crippen LogP contribution in [-0.2, 0) is 10.0 Å². The molecule has 7 nitrogen and oxygen atoms in total. The van der Waals surface area contributed by atoms with E-state index in [1.54, 1.807) is 12.1 Å². The smallest absolute Gasteiger partial charge is 0.253 e. The molecule has 1 amide bonds. The number of nitrogens with one attached hydrogen (secondary N) is 1. The van der Waals surface area contributed by atoms with Gasteiger partial charge < -0.3 is 16.0 Å². The van der Waals surface area contributed by atoms with Crippen LogP contribution in [0.4, 0.5) is 5.69 Å². The minimum Gasteiger partial charge on any atom is -0.371 e. The highest BCUT2D eigenvalue weighted by Gasteiger charge is 2.32. The van der Waals surface area contributed by atoms with Crippen LogP contribution < -0.4 is 16.0 Å². The van der Waals surface area contributed by atoms with Crippen LogP contribution >= 0.6 is 24.8 Å². The van der Waals surface area contributed by atoms with Gasteiger partial charge >= 0.3 is 0 Å². The second-order valence-electron chi connectivity index (χ2n) is 7.67. The molecule has 3 N–H and O–H groups in total. The Morgan fingerprint density at radius 2 is 1.83 bits per heavy atom. The fraction of sp³-hybridized carbons (Fsp3) is 0.632. The molecular weight excluding hydrogens is 435 g/mol. The standard InChI is InChI=1S/C19H30N4O3S.2ClH/c1-22(2)27(25,26)15-8-9-18(23-10-4-3-5-11-23)16(12-15)19(24)21-17(13-20)14-6-7-14;;/h8-9,12,14,17H,3-7,10-11,13,20H2,1-2H3,(H,21,24);2*1H. The van der Waals surface area contributed by atoms with Crippen LogP contribution in [0.25, 0.3) is 0 Å². The molecule has 10 heteroatoms. The summed E-state index contributed by atoms with van der Waals surface area (Å²) in [6, 6.07) is 4.82. The maximum absolute atomic E-state index is 13.1. The molecule has 1 aromatic rings. The number of hydrogen-bond acceptors (Lipinski definition) is 5. The topological polar surface area (TPSA) is 95.7 Å². The van der Waals surface area contributed by atoms with Crippen molar-refractivity contribution in [1.82, 2.24) is 9.62 Å². The van der Waals surface area contributed by atoms with E-state index in [1.807, 2.05) is 0 Å². The van der Waals surface area contributed by atoms with E-state index in [2.05, 4.69) is 10.2 Å². The monoisotopic (exact) mass is 466 g/mol. The number of nitrogens with two attached hydrogens (primary N) is 1. The molecule has 1 saturated heterocycles. The minimum absolute atomic E-state index is 0. The summed E-state index contributed by atoms with van der Waals surface area (Å²) in [5.41, 5.74) is 7.05. The Labute approximate surface area is 186 Å². The van der Waals surface area contributed by atoms with Gasteiger partial charge in [0.05, 0.1) is 10.5 Å². The Morgan fingerprint density at radius 3 is 2.34 bits per heavy atom. The van der Waals surface area contributed by atoms with Gasteiger partial charge in [-0.3, -0.25) is 4.79 Å². The summed E-state index contributed by atoms with van der Waals surface area (Å²) in [6.45, 7) is 2.15. The van der Waals surface area contributed by atoms with Crippen molar-refractivity contribution in [2.75, 3.05) is 38.6 Å². The zero-order valence-corrected chi connectivity index (χ0v) is 19.4. The number of amides is 1. The molecule has 0 bridgehead atoms. The third-order valence-electron chi connectivity index (χ3n) is 5.45. The average molecular weight is 467 g/mol. The number of sulfonamides is 1. The van der Waals surface area contributed by atoms with Gasteiger partial charge in [0.15, 0.2) is 0 Å². The molecule has 2 fully saturated rings. The third-order valence-corrected chi connectivity index (χ3v) is 7.26. The molecule has 2 aliphatic rings. The van der Waals surface area contributed by atoms with E-state index >= 15 is 0 Å². The predicted octanol–water partition coefficient (Wildman–Crippen LogP) is 2.24. The van der Waals surface area contributed by atoms with E-state index in [9.17, 15) is 13.2 Å². The van der Waals surface area contributed by atoms with Crippen molar-refractivity contribution in [2.45, 2.75) is 43.0 Å². The normalized spacial score (nSPS) is 17.9. The first kappa shape index (κ1) is 26.0. The number of piperidine rings is 1. The van der Waals surface area contributed by atoms with Crippen molar-refractivity contribution in [3.63, 3.8) is 0 Å². The Bertz CT molecular complexity index is 795. The van der Waals surface area contributed by atoms with Crippen LogP contribution in [-0.4, -0.2) is 58.4 Å². The van der Waals surface area contributed by atoms with E-state index in [0.29, 0.717) is 18.0 Å². The number of carbonyl (C=O) groups excluding carboxylic acids is 1. The fourth-order valence-electron chi connectivity index (χ4n) is 3.59. The Morgan fingerprint density at radius 1 is 1.21 bits per heavy atom. The van der Waals surface area contributed by atoms with Gasteiger partial charge in [0, 0.05) is 45.5 Å². The lowest BCUT2D eigenvalue weighted by Crippen LogP contribution is -2.42. The summed E-state index contributed by atoms with van der Waals surface area (Å²) >= 11 is 0. The van der Waals surface area contributed by atoms with Crippen molar-refractivity contribution in [2.24, 2.45) is 11.7 Å². The van der Waals surface area contributed by atoms with Gasteiger partial charge in [-0.1, -0.05) is 0 Å². The summed E-state index contributed by atoms with van der Waals surface area (Å²) < 4.78 is 26.3. The first-order valence-corrected chi connectivity index (χ1v) is 11.1. The largest absolute Gasteiger partial charge is 0.371 e. The van der Waals surface area contributed by atoms with Gasteiger partial charge in [-0.25, -0.2) is 12.7 Å². The number of hydrogen-bond donors (Lipinski definition) is 2. The van der Waals surface area contributed by atoms with E-state index in [4.69, 9.17) is 5.73 Å². The van der Waals surface area contributed by atoms with E-state index in [-0.39, 0.29) is 41.7 Å². The van der Waals surface area contributed by atoms with Crippen molar-refractivity contribution in [1.29, 1.82) is 0 Å². The second kappa shape index (κ2) is 10.8. The highest BCUT2D eigenvalue weighted by atomic mass is 35.5. The summed E-state index contributed by atoms with van der Waals surface area (Å²) in [4.78, 5) is 15.4. The maximum atomic E-state index is 13.1. The van der Waals surface area contributed by atoms with Crippen LogP contribution in [0.2, 0.25) is 0 Å². The first-order valence-electron chi connectivity index (χ1n) is 9.67. The molecular formula is C19H32Cl2N4O3S. The van der Waals surface area contributed by atoms with E-state index in [1.165, 1.54) is 26.6 Å². The van der Waals surface area contributed by atoms with Crippen LogP contribution in [0.15, 0.2) is 23.1 Å². The Balaban J connectivity index is 0.00000210. The van der Waals surface area contributed by atoms with Crippen LogP contribution in [0.5, 0.6) is 0 Å². The number of anilines is 1. The van der Waals surface area contributed by atoms with Crippen LogP contribution in [0.3, 0.4) is 0 Å². The molecule has 1 aromatic carbocycles. The van der Waals surface area contributed by atoms with Gasteiger partial charge in [0.25, 0.3) is 5.91 Å². The summed E-state index contributed by atoms with van der Waals surface area (Å²) in [7, 11) is -0.626. The van der Waals surface area contributed by atoms with E-state index in [0.717, 1.165) is 48.8 Å². The Kier molecular flexibility index (Phi) is 9.69. The molecule has 29 heavy (non-hydrogen) atoms. The quantitative estimate of drug-likeness (QED) is 0.641. The lowest BCUT2D eigenvalue weighted by Gasteiger charge is -2.31. The molecule has 1 aliphatic carbocycles. The van der Waals surface area contributed by atoms with Crippen molar-refractivity contribution < 1.29 is 13.2 Å². The van der Waals surface area contributed by atoms with E-state index < -0.39 is 10.0 Å². The molecule has 1 saturated carbocycles. The van der Waals surface area contributed by atoms with Gasteiger partial charge in [-0.2, -0.15) is 0 Å². The molecule has 1 aliphatic heterocycles. The second-order valence-corrected chi connectivity index (χ2v) is 9.82. The van der Waals surface area contributed by atoms with Crippen LogP contribution in [0, 0.1) is 5.92 Å². The summed E-state index contributed by atoms with van der Waals surface area (Å²) in [5, 5.41) is 3.03. The molecule has 1 unspecified atom stereocenters. The fourth-order valence-corrected chi connectivity index (χ4v) is 4.52. The number of rotatable bonds is 7. The maximum Gasteiger partial charge on any atom is 0.253 e. The van der Waals surface area contributed by atoms with Crippen molar-refractivity contribution >= 4 is 46.4 Å². The lowest BCUT2D eigenvalue weighted by atomic mass is 10.1. The van der Waals surface area contributed by atoms with Gasteiger partial charge in [0.1, 0.15) is 0 Å². The zero-order valence-electron chi connectivity index (χ0n) is 17.0. The number of carbonyl (C=O) groups is 1. The van der Waals surface area contributed by atoms with Crippen LogP contribution in [0.1, 0.15) is 42.5 Å². The first-order chi connectivity index (χ1) is 12.8. The third kappa shape index (κ3) is 5.98. The highest BCUT2D eigenvalue weighted by molar-refractivity contribution is 7.89. The molecule has 3 rings (SSSR count). The molecule has 0 radical (unpaired) electrons. The van der Waals surface area contributed by atoms with Gasteiger partial charge in [-0.05, 0) is 56.2 Å². The molecule has 1 atom stereocenters. The lowest BCUT2D eigenvalue weighted by molar-refractivity contribution is 0.0933. The number of benzene rings is 1. The van der Waals surface area contributed by atoms with Crippen molar-refractivity contribution in [3.05, 3.63) is 23.8 Å². The molecule has 1 heterocycles. The molecule has 0 aromatic heterocycles. The zero-order chi connectivity index (χ0) is 19.6.